The van der Waals surface area contributed by atoms with Crippen molar-refractivity contribution in [1.82, 2.24) is 0 Å². The van der Waals surface area contributed by atoms with E-state index in [4.69, 9.17) is 22.4 Å². The Kier molecular flexibility index (Phi) is 15.4. The summed E-state index contributed by atoms with van der Waals surface area (Å²) in [7, 11) is -2.47. The van der Waals surface area contributed by atoms with Crippen LogP contribution in [0.1, 0.15) is 97.5 Å². The van der Waals surface area contributed by atoms with Gasteiger partial charge in [0.1, 0.15) is 11.3 Å². The molecule has 2 aromatic carbocycles. The van der Waals surface area contributed by atoms with Crippen LogP contribution in [0.3, 0.4) is 0 Å². The van der Waals surface area contributed by atoms with Gasteiger partial charge < -0.3 is 22.4 Å². The van der Waals surface area contributed by atoms with Gasteiger partial charge in [-0.05, 0) is 69.4 Å². The van der Waals surface area contributed by atoms with Gasteiger partial charge in [0.2, 0.25) is 0 Å². The Hall–Kier alpha value is -2.45. The fourth-order valence-electron chi connectivity index (χ4n) is 5.51. The molecular formula is C35H52O6Si. The van der Waals surface area contributed by atoms with Crippen molar-refractivity contribution >= 4 is 19.8 Å². The Morgan fingerprint density at radius 3 is 1.88 bits per heavy atom. The van der Waals surface area contributed by atoms with Crippen LogP contribution in [0.2, 0.25) is 6.04 Å². The highest BCUT2D eigenvalue weighted by molar-refractivity contribution is 6.60. The SMILES string of the molecule is CCO[Si](CCCCCCCCCCCCOc1ccc2cc(-c3ccccc3CC)c(=O)oc2c1)(OCC)OCC. The maximum Gasteiger partial charge on any atom is 0.500 e. The molecule has 1 heterocycles. The van der Waals surface area contributed by atoms with E-state index < -0.39 is 8.80 Å². The molecule has 0 aliphatic heterocycles. The number of aryl methyl sites for hydroxylation is 1. The molecule has 232 valence electrons. The van der Waals surface area contributed by atoms with Crippen LogP contribution in [0.4, 0.5) is 0 Å². The van der Waals surface area contributed by atoms with Crippen LogP contribution in [0.5, 0.6) is 5.75 Å². The highest BCUT2D eigenvalue weighted by Crippen LogP contribution is 2.27. The molecule has 3 aromatic rings. The summed E-state index contributed by atoms with van der Waals surface area (Å²) in [6.07, 6.45) is 13.1. The van der Waals surface area contributed by atoms with E-state index in [9.17, 15) is 4.79 Å². The van der Waals surface area contributed by atoms with Crippen LogP contribution in [-0.4, -0.2) is 35.2 Å². The van der Waals surface area contributed by atoms with Gasteiger partial charge in [-0.1, -0.05) is 82.6 Å². The van der Waals surface area contributed by atoms with Gasteiger partial charge in [-0.2, -0.15) is 0 Å². The van der Waals surface area contributed by atoms with E-state index in [0.717, 1.165) is 47.6 Å². The van der Waals surface area contributed by atoms with E-state index in [2.05, 4.69) is 13.0 Å². The molecule has 0 N–H and O–H groups in total. The van der Waals surface area contributed by atoms with E-state index in [0.29, 0.717) is 37.6 Å². The Balaban J connectivity index is 1.28. The van der Waals surface area contributed by atoms with Crippen LogP contribution in [0.15, 0.2) is 57.7 Å². The quantitative estimate of drug-likeness (QED) is 0.0654. The van der Waals surface area contributed by atoms with Crippen LogP contribution in [0.25, 0.3) is 22.1 Å². The molecule has 1 aromatic heterocycles. The van der Waals surface area contributed by atoms with E-state index in [1.165, 1.54) is 51.4 Å². The number of hydrogen-bond donors (Lipinski definition) is 0. The first-order valence-corrected chi connectivity index (χ1v) is 18.2. The van der Waals surface area contributed by atoms with E-state index in [-0.39, 0.29) is 5.63 Å². The summed E-state index contributed by atoms with van der Waals surface area (Å²) in [6, 6.07) is 16.6. The molecule has 0 radical (unpaired) electrons. The normalized spacial score (nSPS) is 11.8. The predicted molar refractivity (Wildman–Crippen MR) is 174 cm³/mol. The predicted octanol–water partition coefficient (Wildman–Crippen LogP) is 9.35. The van der Waals surface area contributed by atoms with Crippen LogP contribution in [0, 0.1) is 0 Å². The summed E-state index contributed by atoms with van der Waals surface area (Å²) in [4.78, 5) is 12.8. The number of unbranched alkanes of at least 4 members (excludes halogenated alkanes) is 9. The van der Waals surface area contributed by atoms with Crippen molar-refractivity contribution in [2.45, 2.75) is 104 Å². The molecule has 0 amide bonds. The summed E-state index contributed by atoms with van der Waals surface area (Å²) >= 11 is 0. The third-order valence-electron chi connectivity index (χ3n) is 7.63. The summed E-state index contributed by atoms with van der Waals surface area (Å²) in [5.74, 6) is 0.746. The standard InChI is InChI=1S/C35H52O6Si/c1-5-29-21-17-18-22-32(29)33-27-30-23-24-31(28-34(30)41-35(33)36)37-25-19-15-13-11-9-10-12-14-16-20-26-42(38-6-2,39-7-3)40-8-4/h17-18,21-24,27-28H,5-16,19-20,25-26H2,1-4H3. The van der Waals surface area contributed by atoms with Gasteiger partial charge in [0, 0.05) is 37.3 Å². The highest BCUT2D eigenvalue weighted by atomic mass is 28.4. The minimum atomic E-state index is -2.47. The number of benzene rings is 2. The first-order chi connectivity index (χ1) is 20.6. The molecule has 0 spiro atoms. The molecule has 0 aliphatic carbocycles. The van der Waals surface area contributed by atoms with Crippen molar-refractivity contribution in [2.75, 3.05) is 26.4 Å². The molecule has 3 rings (SSSR count). The van der Waals surface area contributed by atoms with Gasteiger partial charge in [-0.15, -0.1) is 0 Å². The lowest BCUT2D eigenvalue weighted by Gasteiger charge is -2.28. The van der Waals surface area contributed by atoms with Crippen LogP contribution < -0.4 is 10.4 Å². The number of ether oxygens (including phenoxy) is 1. The lowest BCUT2D eigenvalue weighted by molar-refractivity contribution is 0.0706. The Labute approximate surface area is 254 Å². The molecule has 0 unspecified atom stereocenters. The van der Waals surface area contributed by atoms with Crippen molar-refractivity contribution in [2.24, 2.45) is 0 Å². The Morgan fingerprint density at radius 1 is 0.667 bits per heavy atom. The second kappa shape index (κ2) is 19.0. The number of rotatable bonds is 22. The Morgan fingerprint density at radius 2 is 1.26 bits per heavy atom. The first kappa shape index (κ1) is 34.0. The third-order valence-corrected chi connectivity index (χ3v) is 10.8. The summed E-state index contributed by atoms with van der Waals surface area (Å²) < 4.78 is 29.5. The van der Waals surface area contributed by atoms with Gasteiger partial charge in [0.05, 0.1) is 12.2 Å². The largest absolute Gasteiger partial charge is 0.500 e. The summed E-state index contributed by atoms with van der Waals surface area (Å²) in [6.45, 7) is 10.8. The van der Waals surface area contributed by atoms with Crippen molar-refractivity contribution in [3.05, 3.63) is 64.5 Å². The minimum absolute atomic E-state index is 0.311. The smallest absolute Gasteiger partial charge is 0.493 e. The average Bonchev–Trinajstić information content (AvgIpc) is 2.99. The Bertz CT molecular complexity index is 1220. The van der Waals surface area contributed by atoms with E-state index in [1.807, 2.05) is 63.2 Å². The number of hydrogen-bond acceptors (Lipinski definition) is 6. The summed E-state index contributed by atoms with van der Waals surface area (Å²) in [5.41, 5.74) is 2.95. The zero-order valence-electron chi connectivity index (χ0n) is 26.4. The van der Waals surface area contributed by atoms with Crippen LogP contribution >= 0.6 is 0 Å². The lowest BCUT2D eigenvalue weighted by atomic mass is 9.99. The van der Waals surface area contributed by atoms with Crippen molar-refractivity contribution in [3.8, 4) is 16.9 Å². The molecule has 42 heavy (non-hydrogen) atoms. The molecule has 7 heteroatoms. The van der Waals surface area contributed by atoms with Gasteiger partial charge in [-0.3, -0.25) is 0 Å². The van der Waals surface area contributed by atoms with Crippen LogP contribution in [-0.2, 0) is 19.7 Å². The fraction of sp³-hybridized carbons (Fsp3) is 0.571. The van der Waals surface area contributed by atoms with E-state index >= 15 is 0 Å². The van der Waals surface area contributed by atoms with E-state index in [1.54, 1.807) is 0 Å². The highest BCUT2D eigenvalue weighted by Gasteiger charge is 2.39. The van der Waals surface area contributed by atoms with Crippen molar-refractivity contribution < 1.29 is 22.4 Å². The molecule has 0 aliphatic rings. The molecule has 0 atom stereocenters. The topological polar surface area (TPSA) is 67.1 Å². The summed E-state index contributed by atoms with van der Waals surface area (Å²) in [5, 5.41) is 0.902. The molecule has 6 nitrogen and oxygen atoms in total. The van der Waals surface area contributed by atoms with Crippen molar-refractivity contribution in [3.63, 3.8) is 0 Å². The fourth-order valence-corrected chi connectivity index (χ4v) is 8.20. The lowest BCUT2D eigenvalue weighted by Crippen LogP contribution is -2.45. The maximum atomic E-state index is 12.8. The third kappa shape index (κ3) is 10.7. The zero-order valence-corrected chi connectivity index (χ0v) is 27.4. The molecule has 0 fully saturated rings. The van der Waals surface area contributed by atoms with Gasteiger partial charge in [-0.25, -0.2) is 4.79 Å². The maximum absolute atomic E-state index is 12.8. The van der Waals surface area contributed by atoms with Gasteiger partial charge in [0.25, 0.3) is 0 Å². The molecular weight excluding hydrogens is 544 g/mol. The zero-order chi connectivity index (χ0) is 30.0. The van der Waals surface area contributed by atoms with Gasteiger partial charge >= 0.3 is 14.4 Å². The first-order valence-electron chi connectivity index (χ1n) is 16.3. The van der Waals surface area contributed by atoms with Gasteiger partial charge in [0.15, 0.2) is 0 Å². The second-order valence-corrected chi connectivity index (χ2v) is 13.5. The second-order valence-electron chi connectivity index (χ2n) is 10.8. The molecule has 0 bridgehead atoms. The molecule has 0 saturated carbocycles. The van der Waals surface area contributed by atoms with Crippen molar-refractivity contribution in [1.29, 1.82) is 0 Å². The monoisotopic (exact) mass is 596 g/mol. The average molecular weight is 597 g/mol. The minimum Gasteiger partial charge on any atom is -0.493 e. The molecule has 0 saturated heterocycles. The number of fused-ring (bicyclic) bond motifs is 1.